The van der Waals surface area contributed by atoms with Gasteiger partial charge in [-0.2, -0.15) is 0 Å². The molecule has 5 nitrogen and oxygen atoms in total. The SMILES string of the molecule is Cc1cc(C)c(C)c(S(=O)(=O)NC[C@H](C)C(=O)OC(C)C)c1C. The average molecular weight is 341 g/mol. The highest BCUT2D eigenvalue weighted by molar-refractivity contribution is 7.89. The van der Waals surface area contributed by atoms with Crippen LogP contribution in [0.5, 0.6) is 0 Å². The van der Waals surface area contributed by atoms with Gasteiger partial charge < -0.3 is 4.74 Å². The predicted molar refractivity (Wildman–Crippen MR) is 91.0 cm³/mol. The molecule has 0 aliphatic rings. The van der Waals surface area contributed by atoms with Gasteiger partial charge in [0, 0.05) is 6.54 Å². The molecule has 1 aromatic rings. The third kappa shape index (κ3) is 4.78. The van der Waals surface area contributed by atoms with Crippen LogP contribution in [-0.2, 0) is 19.6 Å². The summed E-state index contributed by atoms with van der Waals surface area (Å²) in [5, 5.41) is 0. The summed E-state index contributed by atoms with van der Waals surface area (Å²) in [5.41, 5.74) is 3.33. The zero-order valence-corrected chi connectivity index (χ0v) is 15.8. The van der Waals surface area contributed by atoms with Gasteiger partial charge in [0.2, 0.25) is 10.0 Å². The Balaban J connectivity index is 3.00. The molecule has 23 heavy (non-hydrogen) atoms. The van der Waals surface area contributed by atoms with E-state index in [1.54, 1.807) is 34.6 Å². The molecule has 1 aromatic carbocycles. The first kappa shape index (κ1) is 19.6. The fraction of sp³-hybridized carbons (Fsp3) is 0.588. The minimum absolute atomic E-state index is 0.0136. The first-order chi connectivity index (χ1) is 10.5. The van der Waals surface area contributed by atoms with E-state index in [0.717, 1.165) is 22.3 Å². The molecule has 0 bridgehead atoms. The maximum absolute atomic E-state index is 12.7. The molecule has 0 fully saturated rings. The molecule has 130 valence electrons. The van der Waals surface area contributed by atoms with Gasteiger partial charge in [-0.3, -0.25) is 4.79 Å². The summed E-state index contributed by atoms with van der Waals surface area (Å²) in [4.78, 5) is 12.1. The average Bonchev–Trinajstić information content (AvgIpc) is 2.42. The van der Waals surface area contributed by atoms with Crippen LogP contribution in [0.25, 0.3) is 0 Å². The molecule has 0 aromatic heterocycles. The van der Waals surface area contributed by atoms with Crippen LogP contribution in [0.3, 0.4) is 0 Å². The van der Waals surface area contributed by atoms with Crippen molar-refractivity contribution in [3.63, 3.8) is 0 Å². The van der Waals surface area contributed by atoms with E-state index in [9.17, 15) is 13.2 Å². The van der Waals surface area contributed by atoms with E-state index in [-0.39, 0.29) is 12.6 Å². The van der Waals surface area contributed by atoms with Gasteiger partial charge in [-0.1, -0.05) is 13.0 Å². The smallest absolute Gasteiger partial charge is 0.310 e. The van der Waals surface area contributed by atoms with Gasteiger partial charge in [-0.05, 0) is 63.8 Å². The van der Waals surface area contributed by atoms with Crippen LogP contribution in [0.15, 0.2) is 11.0 Å². The lowest BCUT2D eigenvalue weighted by Crippen LogP contribution is -2.34. The number of carbonyl (C=O) groups excluding carboxylic acids is 1. The molecule has 0 saturated heterocycles. The third-order valence-electron chi connectivity index (χ3n) is 3.90. The number of hydrogen-bond donors (Lipinski definition) is 1. The topological polar surface area (TPSA) is 72.5 Å². The summed E-state index contributed by atoms with van der Waals surface area (Å²) in [5.74, 6) is -0.949. The Morgan fingerprint density at radius 3 is 2.00 bits per heavy atom. The van der Waals surface area contributed by atoms with Crippen LogP contribution >= 0.6 is 0 Å². The van der Waals surface area contributed by atoms with Crippen molar-refractivity contribution in [1.29, 1.82) is 0 Å². The summed E-state index contributed by atoms with van der Waals surface area (Å²) >= 11 is 0. The lowest BCUT2D eigenvalue weighted by atomic mass is 10.0. The Morgan fingerprint density at radius 1 is 1.09 bits per heavy atom. The summed E-state index contributed by atoms with van der Waals surface area (Å²) in [6.07, 6.45) is -0.217. The van der Waals surface area contributed by atoms with Gasteiger partial charge in [0.1, 0.15) is 0 Å². The zero-order valence-electron chi connectivity index (χ0n) is 15.0. The summed E-state index contributed by atoms with van der Waals surface area (Å²) in [7, 11) is -3.68. The second-order valence-corrected chi connectivity index (χ2v) is 8.03. The second-order valence-electron chi connectivity index (χ2n) is 6.33. The molecule has 0 heterocycles. The van der Waals surface area contributed by atoms with Crippen molar-refractivity contribution in [2.24, 2.45) is 5.92 Å². The van der Waals surface area contributed by atoms with Crippen LogP contribution in [0, 0.1) is 33.6 Å². The number of sulfonamides is 1. The Morgan fingerprint density at radius 2 is 1.57 bits per heavy atom. The van der Waals surface area contributed by atoms with E-state index in [2.05, 4.69) is 4.72 Å². The number of carbonyl (C=O) groups is 1. The van der Waals surface area contributed by atoms with E-state index >= 15 is 0 Å². The largest absolute Gasteiger partial charge is 0.463 e. The predicted octanol–water partition coefficient (Wildman–Crippen LogP) is 2.79. The monoisotopic (exact) mass is 341 g/mol. The van der Waals surface area contributed by atoms with E-state index in [0.29, 0.717) is 4.90 Å². The van der Waals surface area contributed by atoms with Gasteiger partial charge in [0.05, 0.1) is 16.9 Å². The Kier molecular flexibility index (Phi) is 6.36. The summed E-state index contributed by atoms with van der Waals surface area (Å²) in [6.45, 7) is 12.6. The normalized spacial score (nSPS) is 13.2. The number of aryl methyl sites for hydroxylation is 2. The van der Waals surface area contributed by atoms with E-state index in [1.165, 1.54) is 0 Å². The molecule has 0 aliphatic carbocycles. The molecule has 6 heteroatoms. The van der Waals surface area contributed by atoms with Gasteiger partial charge in [0.15, 0.2) is 0 Å². The van der Waals surface area contributed by atoms with Crippen molar-refractivity contribution in [1.82, 2.24) is 4.72 Å². The molecule has 0 saturated carbocycles. The number of ether oxygens (including phenoxy) is 1. The van der Waals surface area contributed by atoms with Crippen LogP contribution in [0.2, 0.25) is 0 Å². The minimum atomic E-state index is -3.68. The molecule has 1 N–H and O–H groups in total. The Hall–Kier alpha value is -1.40. The van der Waals surface area contributed by atoms with Crippen molar-refractivity contribution in [3.8, 4) is 0 Å². The molecule has 0 radical (unpaired) electrons. The lowest BCUT2D eigenvalue weighted by Gasteiger charge is -2.18. The van der Waals surface area contributed by atoms with Crippen molar-refractivity contribution in [2.75, 3.05) is 6.54 Å². The van der Waals surface area contributed by atoms with Gasteiger partial charge in [-0.25, -0.2) is 13.1 Å². The fourth-order valence-corrected chi connectivity index (χ4v) is 4.06. The highest BCUT2D eigenvalue weighted by Crippen LogP contribution is 2.25. The zero-order chi connectivity index (χ0) is 17.9. The van der Waals surface area contributed by atoms with Crippen LogP contribution in [0.4, 0.5) is 0 Å². The Labute approximate surface area is 139 Å². The van der Waals surface area contributed by atoms with Crippen molar-refractivity contribution in [2.45, 2.75) is 59.5 Å². The maximum atomic E-state index is 12.7. The molecule has 1 atom stereocenters. The van der Waals surface area contributed by atoms with Crippen molar-refractivity contribution in [3.05, 3.63) is 28.3 Å². The van der Waals surface area contributed by atoms with E-state index < -0.39 is 21.9 Å². The quantitative estimate of drug-likeness (QED) is 0.808. The van der Waals surface area contributed by atoms with Crippen molar-refractivity contribution >= 4 is 16.0 Å². The first-order valence-corrected chi connectivity index (χ1v) is 9.23. The number of hydrogen-bond acceptors (Lipinski definition) is 4. The molecule has 0 amide bonds. The number of nitrogens with one attached hydrogen (secondary N) is 1. The Bertz CT molecular complexity index is 667. The molecule has 0 aliphatic heterocycles. The summed E-state index contributed by atoms with van der Waals surface area (Å²) in [6, 6.07) is 1.98. The van der Waals surface area contributed by atoms with E-state index in [4.69, 9.17) is 4.74 Å². The van der Waals surface area contributed by atoms with Crippen molar-refractivity contribution < 1.29 is 17.9 Å². The van der Waals surface area contributed by atoms with E-state index in [1.807, 2.05) is 19.9 Å². The molecule has 0 unspecified atom stereocenters. The molecule has 0 spiro atoms. The van der Waals surface area contributed by atoms with Crippen LogP contribution in [0.1, 0.15) is 43.0 Å². The van der Waals surface area contributed by atoms with Crippen LogP contribution in [-0.4, -0.2) is 27.0 Å². The minimum Gasteiger partial charge on any atom is -0.463 e. The number of esters is 1. The first-order valence-electron chi connectivity index (χ1n) is 7.75. The maximum Gasteiger partial charge on any atom is 0.310 e. The number of rotatable bonds is 6. The lowest BCUT2D eigenvalue weighted by molar-refractivity contribution is -0.151. The number of benzene rings is 1. The standard InChI is InChI=1S/C17H27NO4S/c1-10(2)22-17(19)13(5)9-18-23(20,21)16-14(6)11(3)8-12(4)15(16)7/h8,10,13,18H,9H2,1-7H3/t13-/m0/s1. The fourth-order valence-electron chi connectivity index (χ4n) is 2.32. The summed E-state index contributed by atoms with van der Waals surface area (Å²) < 4.78 is 33.0. The van der Waals surface area contributed by atoms with Gasteiger partial charge in [-0.15, -0.1) is 0 Å². The third-order valence-corrected chi connectivity index (χ3v) is 5.60. The second kappa shape index (κ2) is 7.45. The molecule has 1 rings (SSSR count). The van der Waals surface area contributed by atoms with Crippen LogP contribution < -0.4 is 4.72 Å². The van der Waals surface area contributed by atoms with Gasteiger partial charge in [0.25, 0.3) is 0 Å². The molecular formula is C17H27NO4S. The van der Waals surface area contributed by atoms with Gasteiger partial charge >= 0.3 is 5.97 Å². The highest BCUT2D eigenvalue weighted by Gasteiger charge is 2.24. The molecular weight excluding hydrogens is 314 g/mol. The highest BCUT2D eigenvalue weighted by atomic mass is 32.2.